The van der Waals surface area contributed by atoms with Crippen LogP contribution in [0.25, 0.3) is 22.4 Å². The highest BCUT2D eigenvalue weighted by Crippen LogP contribution is 2.30. The van der Waals surface area contributed by atoms with Crippen LogP contribution < -0.4 is 11.1 Å². The first kappa shape index (κ1) is 16.3. The van der Waals surface area contributed by atoms with Gasteiger partial charge in [-0.05, 0) is 24.6 Å². The van der Waals surface area contributed by atoms with Crippen LogP contribution in [0.2, 0.25) is 0 Å². The van der Waals surface area contributed by atoms with E-state index in [1.807, 2.05) is 18.2 Å². The molecule has 7 heteroatoms. The minimum absolute atomic E-state index is 0.181. The van der Waals surface area contributed by atoms with Crippen molar-refractivity contribution in [2.75, 3.05) is 17.6 Å². The van der Waals surface area contributed by atoms with E-state index >= 15 is 0 Å². The molecule has 0 aromatic carbocycles. The first-order valence-corrected chi connectivity index (χ1v) is 7.90. The molecule has 124 valence electrons. The Kier molecular flexibility index (Phi) is 4.81. The molecule has 0 bridgehead atoms. The fourth-order valence-electron chi connectivity index (χ4n) is 2.38. The van der Waals surface area contributed by atoms with Crippen molar-refractivity contribution in [3.63, 3.8) is 0 Å². The Hall–Kier alpha value is -3.53. The molecule has 0 spiro atoms. The van der Waals surface area contributed by atoms with Gasteiger partial charge in [-0.1, -0.05) is 6.92 Å². The zero-order chi connectivity index (χ0) is 17.6. The lowest BCUT2D eigenvalue weighted by atomic mass is 10.0. The largest absolute Gasteiger partial charge is 0.383 e. The number of anilines is 2. The topological polar surface area (TPSA) is 113 Å². The molecule has 0 aliphatic heterocycles. The summed E-state index contributed by atoms with van der Waals surface area (Å²) in [6.45, 7) is 2.87. The van der Waals surface area contributed by atoms with Gasteiger partial charge in [-0.25, -0.2) is 15.0 Å². The van der Waals surface area contributed by atoms with Crippen LogP contribution in [0.15, 0.2) is 43.0 Å². The summed E-state index contributed by atoms with van der Waals surface area (Å²) in [5.41, 5.74) is 9.22. The Labute approximate surface area is 145 Å². The van der Waals surface area contributed by atoms with Crippen LogP contribution in [0.3, 0.4) is 0 Å². The summed E-state index contributed by atoms with van der Waals surface area (Å²) in [7, 11) is 0. The molecule has 0 unspecified atom stereocenters. The van der Waals surface area contributed by atoms with E-state index in [-0.39, 0.29) is 5.82 Å². The number of nitrogens with zero attached hydrogens (tertiary/aromatic N) is 5. The standard InChI is InChI=1S/C18H17N7/c1-2-5-22-18-23-10-13(11-24-18)14-8-16(12-3-6-21-7-4-12)25-17(20)15(14)9-19/h3-4,6-8,10-11H,2,5H2,1H3,(H2,20,25)(H,22,23,24). The molecule has 0 atom stereocenters. The average Bonchev–Trinajstić information content (AvgIpc) is 2.67. The van der Waals surface area contributed by atoms with Gasteiger partial charge in [0, 0.05) is 48.0 Å². The van der Waals surface area contributed by atoms with Crippen LogP contribution in [-0.4, -0.2) is 26.5 Å². The molecule has 3 aromatic rings. The predicted octanol–water partition coefficient (Wildman–Crippen LogP) is 2.88. The summed E-state index contributed by atoms with van der Waals surface area (Å²) in [6, 6.07) is 7.62. The maximum absolute atomic E-state index is 9.46. The van der Waals surface area contributed by atoms with Crippen LogP contribution in [-0.2, 0) is 0 Å². The number of nitriles is 1. The maximum Gasteiger partial charge on any atom is 0.222 e. The third-order valence-corrected chi connectivity index (χ3v) is 3.63. The number of nitrogens with two attached hydrogens (primary N) is 1. The summed E-state index contributed by atoms with van der Waals surface area (Å²) in [5.74, 6) is 0.737. The predicted molar refractivity (Wildman–Crippen MR) is 96.4 cm³/mol. The first-order valence-electron chi connectivity index (χ1n) is 7.90. The Balaban J connectivity index is 2.05. The van der Waals surface area contributed by atoms with Crippen molar-refractivity contribution in [3.8, 4) is 28.5 Å². The van der Waals surface area contributed by atoms with E-state index in [4.69, 9.17) is 5.73 Å². The van der Waals surface area contributed by atoms with Crippen molar-refractivity contribution >= 4 is 11.8 Å². The molecule has 0 radical (unpaired) electrons. The fraction of sp³-hybridized carbons (Fsp3) is 0.167. The van der Waals surface area contributed by atoms with Gasteiger partial charge < -0.3 is 11.1 Å². The molecule has 0 saturated heterocycles. The van der Waals surface area contributed by atoms with Gasteiger partial charge in [-0.2, -0.15) is 5.26 Å². The quantitative estimate of drug-likeness (QED) is 0.739. The number of hydrogen-bond acceptors (Lipinski definition) is 7. The van der Waals surface area contributed by atoms with Gasteiger partial charge >= 0.3 is 0 Å². The van der Waals surface area contributed by atoms with E-state index in [9.17, 15) is 5.26 Å². The van der Waals surface area contributed by atoms with Crippen molar-refractivity contribution in [1.29, 1.82) is 5.26 Å². The molecule has 0 amide bonds. The molecule has 0 fully saturated rings. The molecule has 25 heavy (non-hydrogen) atoms. The van der Waals surface area contributed by atoms with Crippen molar-refractivity contribution in [3.05, 3.63) is 48.5 Å². The van der Waals surface area contributed by atoms with Crippen LogP contribution in [0.5, 0.6) is 0 Å². The normalized spacial score (nSPS) is 10.2. The van der Waals surface area contributed by atoms with Gasteiger partial charge in [0.1, 0.15) is 17.5 Å². The van der Waals surface area contributed by atoms with Crippen molar-refractivity contribution in [1.82, 2.24) is 19.9 Å². The summed E-state index contributed by atoms with van der Waals surface area (Å²) in [4.78, 5) is 16.9. The monoisotopic (exact) mass is 331 g/mol. The summed E-state index contributed by atoms with van der Waals surface area (Å²) in [6.07, 6.45) is 7.71. The molecular weight excluding hydrogens is 314 g/mol. The highest BCUT2D eigenvalue weighted by molar-refractivity contribution is 5.79. The summed E-state index contributed by atoms with van der Waals surface area (Å²) in [5, 5.41) is 12.6. The van der Waals surface area contributed by atoms with Crippen molar-refractivity contribution < 1.29 is 0 Å². The van der Waals surface area contributed by atoms with Gasteiger partial charge in [-0.15, -0.1) is 0 Å². The van der Waals surface area contributed by atoms with E-state index < -0.39 is 0 Å². The summed E-state index contributed by atoms with van der Waals surface area (Å²) >= 11 is 0. The van der Waals surface area contributed by atoms with Crippen molar-refractivity contribution in [2.24, 2.45) is 0 Å². The molecule has 0 saturated carbocycles. The lowest BCUT2D eigenvalue weighted by molar-refractivity contribution is 0.953. The van der Waals surface area contributed by atoms with Crippen LogP contribution in [0.1, 0.15) is 18.9 Å². The lowest BCUT2D eigenvalue weighted by Crippen LogP contribution is -2.04. The zero-order valence-corrected chi connectivity index (χ0v) is 13.8. The van der Waals surface area contributed by atoms with Gasteiger partial charge in [0.25, 0.3) is 0 Å². The fourth-order valence-corrected chi connectivity index (χ4v) is 2.38. The highest BCUT2D eigenvalue weighted by Gasteiger charge is 2.14. The number of hydrogen-bond donors (Lipinski definition) is 2. The van der Waals surface area contributed by atoms with E-state index in [0.717, 1.165) is 18.5 Å². The van der Waals surface area contributed by atoms with Crippen molar-refractivity contribution in [2.45, 2.75) is 13.3 Å². The van der Waals surface area contributed by atoms with Crippen LogP contribution in [0, 0.1) is 11.3 Å². The minimum Gasteiger partial charge on any atom is -0.383 e. The number of nitrogen functional groups attached to an aromatic ring is 1. The average molecular weight is 331 g/mol. The minimum atomic E-state index is 0.181. The molecule has 3 N–H and O–H groups in total. The smallest absolute Gasteiger partial charge is 0.222 e. The van der Waals surface area contributed by atoms with Crippen LogP contribution >= 0.6 is 0 Å². The number of rotatable bonds is 5. The second kappa shape index (κ2) is 7.36. The van der Waals surface area contributed by atoms with E-state index in [0.29, 0.717) is 28.3 Å². The maximum atomic E-state index is 9.46. The number of pyridine rings is 2. The second-order valence-electron chi connectivity index (χ2n) is 5.39. The van der Waals surface area contributed by atoms with E-state index in [2.05, 4.69) is 38.2 Å². The number of nitrogens with one attached hydrogen (secondary N) is 1. The third kappa shape index (κ3) is 3.53. The van der Waals surface area contributed by atoms with Crippen LogP contribution in [0.4, 0.5) is 11.8 Å². The number of aromatic nitrogens is 4. The molecule has 3 heterocycles. The lowest BCUT2D eigenvalue weighted by Gasteiger charge is -2.10. The SMILES string of the molecule is CCCNc1ncc(-c2cc(-c3ccncc3)nc(N)c2C#N)cn1. The summed E-state index contributed by atoms with van der Waals surface area (Å²) < 4.78 is 0. The molecule has 0 aliphatic rings. The zero-order valence-electron chi connectivity index (χ0n) is 13.8. The van der Waals surface area contributed by atoms with Gasteiger partial charge in [0.2, 0.25) is 5.95 Å². The van der Waals surface area contributed by atoms with Gasteiger partial charge in [0.05, 0.1) is 5.69 Å². The Morgan fingerprint density at radius 1 is 1.16 bits per heavy atom. The molecule has 3 rings (SSSR count). The second-order valence-corrected chi connectivity index (χ2v) is 5.39. The Morgan fingerprint density at radius 3 is 2.52 bits per heavy atom. The molecule has 0 aliphatic carbocycles. The Bertz CT molecular complexity index is 899. The molecule has 3 aromatic heterocycles. The molecule has 7 nitrogen and oxygen atoms in total. The van der Waals surface area contributed by atoms with E-state index in [1.54, 1.807) is 24.8 Å². The Morgan fingerprint density at radius 2 is 1.88 bits per heavy atom. The third-order valence-electron chi connectivity index (χ3n) is 3.63. The first-order chi connectivity index (χ1) is 12.2. The highest BCUT2D eigenvalue weighted by atomic mass is 15.1. The van der Waals surface area contributed by atoms with Gasteiger partial charge in [0.15, 0.2) is 0 Å². The van der Waals surface area contributed by atoms with E-state index in [1.165, 1.54) is 0 Å². The molecular formula is C18H17N7. The van der Waals surface area contributed by atoms with Gasteiger partial charge in [-0.3, -0.25) is 4.98 Å².